The summed E-state index contributed by atoms with van der Waals surface area (Å²) in [6.45, 7) is 0. The van der Waals surface area contributed by atoms with E-state index in [1.54, 1.807) is 0 Å². The van der Waals surface area contributed by atoms with Gasteiger partial charge < -0.3 is 0 Å². The summed E-state index contributed by atoms with van der Waals surface area (Å²) in [5.74, 6) is 1.03. The van der Waals surface area contributed by atoms with Crippen LogP contribution in [-0.4, -0.2) is 18.7 Å². The van der Waals surface area contributed by atoms with E-state index < -0.39 is 0 Å². The molecule has 0 aliphatic heterocycles. The molecule has 110 valence electrons. The number of nitrogens with zero attached hydrogens (tertiary/aromatic N) is 4. The number of pyridine rings is 1. The molecule has 22 heavy (non-hydrogen) atoms. The molecule has 7 heteroatoms. The van der Waals surface area contributed by atoms with Gasteiger partial charge in [0.05, 0.1) is 21.2 Å². The summed E-state index contributed by atoms with van der Waals surface area (Å²) < 4.78 is 8.74. The van der Waals surface area contributed by atoms with Crippen LogP contribution in [-0.2, 0) is 12.8 Å². The van der Waals surface area contributed by atoms with Crippen LogP contribution in [0, 0.1) is 0 Å². The maximum Gasteiger partial charge on any atom is 0.214 e. The normalized spacial score (nSPS) is 11.5. The maximum absolute atomic E-state index is 4.61. The first-order valence-corrected chi connectivity index (χ1v) is 9.10. The highest BCUT2D eigenvalue weighted by Crippen LogP contribution is 2.26. The molecule has 0 amide bonds. The molecule has 3 aromatic heterocycles. The van der Waals surface area contributed by atoms with Crippen LogP contribution in [0.1, 0.15) is 11.5 Å². The van der Waals surface area contributed by atoms with E-state index in [0.717, 1.165) is 49.3 Å². The molecule has 3 heterocycles. The van der Waals surface area contributed by atoms with Crippen LogP contribution in [0.25, 0.3) is 16.0 Å². The van der Waals surface area contributed by atoms with Gasteiger partial charge in [-0.2, -0.15) is 4.37 Å². The zero-order valence-electron chi connectivity index (χ0n) is 11.3. The first-order valence-electron chi connectivity index (χ1n) is 6.74. The van der Waals surface area contributed by atoms with Gasteiger partial charge in [-0.15, -0.1) is 0 Å². The van der Waals surface area contributed by atoms with Gasteiger partial charge in [0.15, 0.2) is 0 Å². The SMILES string of the molecule is Brc1ccnc(CCc2nsc3nc4ccccc4n23)c1Br. The first kappa shape index (κ1) is 14.3. The topological polar surface area (TPSA) is 43.1 Å². The highest BCUT2D eigenvalue weighted by atomic mass is 79.9. The first-order chi connectivity index (χ1) is 10.7. The van der Waals surface area contributed by atoms with Crippen LogP contribution in [0.2, 0.25) is 0 Å². The number of aromatic nitrogens is 4. The summed E-state index contributed by atoms with van der Waals surface area (Å²) in [4.78, 5) is 9.99. The molecule has 0 N–H and O–H groups in total. The van der Waals surface area contributed by atoms with E-state index in [9.17, 15) is 0 Å². The lowest BCUT2D eigenvalue weighted by Crippen LogP contribution is -2.00. The molecular weight excluding hydrogens is 428 g/mol. The van der Waals surface area contributed by atoms with Crippen molar-refractivity contribution in [3.8, 4) is 0 Å². The highest BCUT2D eigenvalue weighted by Gasteiger charge is 2.13. The van der Waals surface area contributed by atoms with Crippen molar-refractivity contribution in [2.24, 2.45) is 0 Å². The zero-order valence-corrected chi connectivity index (χ0v) is 15.3. The molecule has 0 saturated heterocycles. The number of fused-ring (bicyclic) bond motifs is 3. The number of rotatable bonds is 3. The van der Waals surface area contributed by atoms with Crippen LogP contribution in [0.15, 0.2) is 45.5 Å². The Kier molecular flexibility index (Phi) is 3.71. The van der Waals surface area contributed by atoms with Crippen molar-refractivity contribution in [2.45, 2.75) is 12.8 Å². The lowest BCUT2D eigenvalue weighted by molar-refractivity contribution is 0.841. The number of para-hydroxylation sites is 2. The van der Waals surface area contributed by atoms with E-state index in [0.29, 0.717) is 0 Å². The third kappa shape index (κ3) is 2.37. The maximum atomic E-state index is 4.61. The second-order valence-electron chi connectivity index (χ2n) is 4.87. The van der Waals surface area contributed by atoms with Gasteiger partial charge in [0.2, 0.25) is 4.96 Å². The molecule has 4 aromatic rings. The second kappa shape index (κ2) is 5.72. The van der Waals surface area contributed by atoms with Gasteiger partial charge in [-0.1, -0.05) is 12.1 Å². The van der Waals surface area contributed by atoms with Gasteiger partial charge in [-0.05, 0) is 56.5 Å². The lowest BCUT2D eigenvalue weighted by atomic mass is 10.2. The van der Waals surface area contributed by atoms with Gasteiger partial charge in [0, 0.05) is 28.6 Å². The van der Waals surface area contributed by atoms with Crippen LogP contribution in [0.3, 0.4) is 0 Å². The molecule has 0 aliphatic rings. The van der Waals surface area contributed by atoms with Gasteiger partial charge in [0.1, 0.15) is 5.82 Å². The molecule has 1 aromatic carbocycles. The molecular formula is C15H10Br2N4S. The van der Waals surface area contributed by atoms with E-state index >= 15 is 0 Å². The van der Waals surface area contributed by atoms with Crippen molar-refractivity contribution in [1.29, 1.82) is 0 Å². The standard InChI is InChI=1S/C15H10Br2N4S/c16-9-7-8-18-11(14(9)17)5-6-13-20-22-15-19-10-3-1-2-4-12(10)21(13)15/h1-4,7-8H,5-6H2. The van der Waals surface area contributed by atoms with Crippen molar-refractivity contribution < 1.29 is 0 Å². The Hall–Kier alpha value is -1.31. The summed E-state index contributed by atoms with van der Waals surface area (Å²) in [6, 6.07) is 10.1. The Bertz CT molecular complexity index is 976. The number of benzene rings is 1. The van der Waals surface area contributed by atoms with Crippen molar-refractivity contribution >= 4 is 59.4 Å². The minimum atomic E-state index is 0.822. The van der Waals surface area contributed by atoms with E-state index in [2.05, 4.69) is 56.7 Å². The average molecular weight is 438 g/mol. The Labute approximate surface area is 147 Å². The van der Waals surface area contributed by atoms with Gasteiger partial charge in [-0.3, -0.25) is 9.38 Å². The zero-order chi connectivity index (χ0) is 15.1. The summed E-state index contributed by atoms with van der Waals surface area (Å²) in [5.41, 5.74) is 3.15. The van der Waals surface area contributed by atoms with E-state index in [-0.39, 0.29) is 0 Å². The molecule has 0 fully saturated rings. The van der Waals surface area contributed by atoms with Gasteiger partial charge >= 0.3 is 0 Å². The largest absolute Gasteiger partial charge is 0.270 e. The molecule has 0 aliphatic carbocycles. The number of aryl methyl sites for hydroxylation is 2. The summed E-state index contributed by atoms with van der Waals surface area (Å²) in [7, 11) is 0. The van der Waals surface area contributed by atoms with Crippen LogP contribution in [0.5, 0.6) is 0 Å². The Morgan fingerprint density at radius 3 is 2.86 bits per heavy atom. The molecule has 4 nitrogen and oxygen atoms in total. The Morgan fingerprint density at radius 2 is 1.95 bits per heavy atom. The van der Waals surface area contributed by atoms with Crippen LogP contribution >= 0.6 is 43.4 Å². The smallest absolute Gasteiger partial charge is 0.214 e. The monoisotopic (exact) mass is 436 g/mol. The molecule has 0 atom stereocenters. The molecule has 0 radical (unpaired) electrons. The fourth-order valence-electron chi connectivity index (χ4n) is 2.47. The van der Waals surface area contributed by atoms with Gasteiger partial charge in [-0.25, -0.2) is 4.98 Å². The molecule has 0 unspecified atom stereocenters. The molecule has 0 spiro atoms. The van der Waals surface area contributed by atoms with Crippen molar-refractivity contribution in [1.82, 2.24) is 18.7 Å². The van der Waals surface area contributed by atoms with Crippen molar-refractivity contribution in [3.63, 3.8) is 0 Å². The second-order valence-corrected chi connectivity index (χ2v) is 7.25. The summed E-state index contributed by atoms with van der Waals surface area (Å²) in [6.07, 6.45) is 3.46. The quantitative estimate of drug-likeness (QED) is 0.468. The number of hydrogen-bond acceptors (Lipinski definition) is 4. The third-order valence-corrected chi connectivity index (χ3v) is 6.34. The predicted octanol–water partition coefficient (Wildman–Crippen LogP) is 4.65. The minimum absolute atomic E-state index is 0.822. The lowest BCUT2D eigenvalue weighted by Gasteiger charge is -2.04. The number of halogens is 2. The van der Waals surface area contributed by atoms with E-state index in [4.69, 9.17) is 0 Å². The number of hydrogen-bond donors (Lipinski definition) is 0. The van der Waals surface area contributed by atoms with Crippen molar-refractivity contribution in [3.05, 3.63) is 57.0 Å². The number of imidazole rings is 1. The van der Waals surface area contributed by atoms with Gasteiger partial charge in [0.25, 0.3) is 0 Å². The molecule has 0 saturated carbocycles. The fraction of sp³-hybridized carbons (Fsp3) is 0.133. The van der Waals surface area contributed by atoms with Crippen LogP contribution < -0.4 is 0 Å². The Morgan fingerprint density at radius 1 is 1.09 bits per heavy atom. The fourth-order valence-corrected chi connectivity index (χ4v) is 4.04. The van der Waals surface area contributed by atoms with E-state index in [1.165, 1.54) is 11.5 Å². The minimum Gasteiger partial charge on any atom is -0.270 e. The predicted molar refractivity (Wildman–Crippen MR) is 95.4 cm³/mol. The van der Waals surface area contributed by atoms with Crippen molar-refractivity contribution in [2.75, 3.05) is 0 Å². The van der Waals surface area contributed by atoms with E-state index in [1.807, 2.05) is 30.5 Å². The molecule has 0 bridgehead atoms. The molecule has 4 rings (SSSR count). The average Bonchev–Trinajstić information content (AvgIpc) is 3.08. The Balaban J connectivity index is 1.71. The van der Waals surface area contributed by atoms with Crippen LogP contribution in [0.4, 0.5) is 0 Å². The highest BCUT2D eigenvalue weighted by molar-refractivity contribution is 9.13. The summed E-state index contributed by atoms with van der Waals surface area (Å²) in [5, 5.41) is 0. The third-order valence-electron chi connectivity index (χ3n) is 3.52. The summed E-state index contributed by atoms with van der Waals surface area (Å²) >= 11 is 8.54.